The lowest BCUT2D eigenvalue weighted by Crippen LogP contribution is -2.43. The Hall–Kier alpha value is -2.96. The fourth-order valence-corrected chi connectivity index (χ4v) is 5.84. The molecule has 2 aromatic carbocycles. The number of piperidine rings is 1. The minimum Gasteiger partial charge on any atom is -0.302 e. The monoisotopic (exact) mass is 464 g/mol. The Bertz CT molecular complexity index is 1260. The van der Waals surface area contributed by atoms with E-state index in [4.69, 9.17) is 0 Å². The van der Waals surface area contributed by atoms with Crippen molar-refractivity contribution in [2.45, 2.75) is 17.7 Å². The van der Waals surface area contributed by atoms with Gasteiger partial charge in [-0.2, -0.15) is 4.31 Å². The second-order valence-electron chi connectivity index (χ2n) is 7.07. The highest BCUT2D eigenvalue weighted by atomic mass is 32.2. The lowest BCUT2D eigenvalue weighted by molar-refractivity contribution is -0.384. The van der Waals surface area contributed by atoms with Gasteiger partial charge < -0.3 is 5.32 Å². The summed E-state index contributed by atoms with van der Waals surface area (Å²) in [6.45, 7) is 0.274. The standard InChI is InChI=1S/C19H17FN4O5S2/c20-13-3-6-15(7-4-13)31(28,29)23-9-1-2-12(11-23)18(25)22-19-21-16-8-5-14(24(26)27)10-17(16)30-19/h3-8,10,12H,1-2,9,11H2,(H,21,22,25). The normalized spacial score (nSPS) is 17.5. The number of anilines is 1. The van der Waals surface area contributed by atoms with Crippen molar-refractivity contribution in [2.75, 3.05) is 18.4 Å². The molecule has 1 aliphatic heterocycles. The number of carbonyl (C=O) groups excluding carboxylic acids is 1. The van der Waals surface area contributed by atoms with Gasteiger partial charge in [-0.15, -0.1) is 0 Å². The van der Waals surface area contributed by atoms with E-state index in [9.17, 15) is 27.7 Å². The van der Waals surface area contributed by atoms with E-state index in [-0.39, 0.29) is 29.6 Å². The van der Waals surface area contributed by atoms with Gasteiger partial charge in [-0.05, 0) is 43.2 Å². The molecule has 3 aromatic rings. The number of thiazole rings is 1. The first-order valence-electron chi connectivity index (χ1n) is 9.35. The van der Waals surface area contributed by atoms with Crippen LogP contribution < -0.4 is 5.32 Å². The molecule has 0 aliphatic carbocycles. The van der Waals surface area contributed by atoms with Crippen molar-refractivity contribution in [1.82, 2.24) is 9.29 Å². The van der Waals surface area contributed by atoms with Crippen LogP contribution in [0.15, 0.2) is 47.4 Å². The molecule has 4 rings (SSSR count). The predicted octanol–water partition coefficient (Wildman–Crippen LogP) is 3.38. The molecule has 1 amide bonds. The smallest absolute Gasteiger partial charge is 0.270 e. The summed E-state index contributed by atoms with van der Waals surface area (Å²) < 4.78 is 40.6. The number of halogens is 1. The van der Waals surface area contributed by atoms with Gasteiger partial charge in [-0.3, -0.25) is 14.9 Å². The molecule has 1 aliphatic rings. The Labute approximate surface area is 180 Å². The van der Waals surface area contributed by atoms with Crippen molar-refractivity contribution < 1.29 is 22.5 Å². The van der Waals surface area contributed by atoms with Crippen LogP contribution in [-0.4, -0.2) is 41.6 Å². The molecule has 1 N–H and O–H groups in total. The van der Waals surface area contributed by atoms with Crippen LogP contribution in [0.3, 0.4) is 0 Å². The number of carbonyl (C=O) groups is 1. The van der Waals surface area contributed by atoms with Crippen LogP contribution in [0.5, 0.6) is 0 Å². The molecule has 1 fully saturated rings. The molecule has 9 nitrogen and oxygen atoms in total. The maximum absolute atomic E-state index is 13.1. The number of sulfonamides is 1. The van der Waals surface area contributed by atoms with Crippen molar-refractivity contribution >= 4 is 48.3 Å². The predicted molar refractivity (Wildman–Crippen MR) is 113 cm³/mol. The van der Waals surface area contributed by atoms with E-state index in [1.165, 1.54) is 34.6 Å². The fourth-order valence-electron chi connectivity index (χ4n) is 3.42. The largest absolute Gasteiger partial charge is 0.302 e. The molecule has 2 heterocycles. The number of hydrogen-bond donors (Lipinski definition) is 1. The molecule has 1 unspecified atom stereocenters. The van der Waals surface area contributed by atoms with E-state index in [1.54, 1.807) is 0 Å². The first-order valence-corrected chi connectivity index (χ1v) is 11.6. The molecule has 162 valence electrons. The summed E-state index contributed by atoms with van der Waals surface area (Å²) in [7, 11) is -3.84. The highest BCUT2D eigenvalue weighted by Crippen LogP contribution is 2.30. The van der Waals surface area contributed by atoms with Crippen LogP contribution in [-0.2, 0) is 14.8 Å². The zero-order valence-corrected chi connectivity index (χ0v) is 17.7. The molecule has 0 saturated carbocycles. The third-order valence-corrected chi connectivity index (χ3v) is 7.83. The van der Waals surface area contributed by atoms with Gasteiger partial charge >= 0.3 is 0 Å². The average Bonchev–Trinajstić information content (AvgIpc) is 3.15. The van der Waals surface area contributed by atoms with E-state index in [2.05, 4.69) is 10.3 Å². The number of nitrogens with zero attached hydrogens (tertiary/aromatic N) is 3. The number of nitro groups is 1. The number of amides is 1. The lowest BCUT2D eigenvalue weighted by Gasteiger charge is -2.31. The number of non-ortho nitro benzene ring substituents is 1. The van der Waals surface area contributed by atoms with Gasteiger partial charge in [0.1, 0.15) is 5.82 Å². The van der Waals surface area contributed by atoms with Gasteiger partial charge in [0.05, 0.1) is 26.0 Å². The fraction of sp³-hybridized carbons (Fsp3) is 0.263. The Balaban J connectivity index is 1.48. The maximum Gasteiger partial charge on any atom is 0.270 e. The van der Waals surface area contributed by atoms with E-state index in [1.807, 2.05) is 0 Å². The third-order valence-electron chi connectivity index (χ3n) is 5.02. The van der Waals surface area contributed by atoms with Crippen LogP contribution in [0, 0.1) is 21.8 Å². The molecule has 1 aromatic heterocycles. The van der Waals surface area contributed by atoms with Crippen LogP contribution in [0.4, 0.5) is 15.2 Å². The molecule has 0 radical (unpaired) electrons. The minimum absolute atomic E-state index is 0.00189. The van der Waals surface area contributed by atoms with E-state index >= 15 is 0 Å². The van der Waals surface area contributed by atoms with Gasteiger partial charge in [0.2, 0.25) is 15.9 Å². The summed E-state index contributed by atoms with van der Waals surface area (Å²) in [5.41, 5.74) is 0.456. The maximum atomic E-state index is 13.1. The van der Waals surface area contributed by atoms with Crippen molar-refractivity contribution in [2.24, 2.45) is 5.92 Å². The molecule has 1 saturated heterocycles. The minimum atomic E-state index is -3.84. The Morgan fingerprint density at radius 3 is 2.71 bits per heavy atom. The molecular weight excluding hydrogens is 447 g/mol. The van der Waals surface area contributed by atoms with E-state index in [0.29, 0.717) is 28.2 Å². The molecule has 31 heavy (non-hydrogen) atoms. The summed E-state index contributed by atoms with van der Waals surface area (Å²) in [5.74, 6) is -1.48. The van der Waals surface area contributed by atoms with Crippen molar-refractivity contribution in [3.8, 4) is 0 Å². The first-order chi connectivity index (χ1) is 14.7. The van der Waals surface area contributed by atoms with Gasteiger partial charge in [-0.25, -0.2) is 17.8 Å². The third kappa shape index (κ3) is 4.40. The molecule has 0 spiro atoms. The number of hydrogen-bond acceptors (Lipinski definition) is 7. The zero-order chi connectivity index (χ0) is 22.2. The van der Waals surface area contributed by atoms with Crippen LogP contribution >= 0.6 is 11.3 Å². The molecular formula is C19H17FN4O5S2. The molecule has 0 bridgehead atoms. The number of aromatic nitrogens is 1. The highest BCUT2D eigenvalue weighted by molar-refractivity contribution is 7.89. The van der Waals surface area contributed by atoms with Gasteiger partial charge in [-0.1, -0.05) is 11.3 Å². The van der Waals surface area contributed by atoms with Gasteiger partial charge in [0, 0.05) is 25.2 Å². The molecule has 12 heteroatoms. The average molecular weight is 465 g/mol. The summed E-state index contributed by atoms with van der Waals surface area (Å²) in [4.78, 5) is 27.4. The second kappa shape index (κ2) is 8.29. The summed E-state index contributed by atoms with van der Waals surface area (Å²) in [6, 6.07) is 8.81. The van der Waals surface area contributed by atoms with Crippen molar-refractivity contribution in [3.05, 3.63) is 58.4 Å². The Kier molecular flexibility index (Phi) is 5.69. The summed E-state index contributed by atoms with van der Waals surface area (Å²) in [5, 5.41) is 13.9. The first kappa shape index (κ1) is 21.3. The van der Waals surface area contributed by atoms with E-state index < -0.39 is 26.7 Å². The SMILES string of the molecule is O=C(Nc1nc2ccc([N+](=O)[O-])cc2s1)C1CCCN(S(=O)(=O)c2ccc(F)cc2)C1. The second-order valence-corrected chi connectivity index (χ2v) is 10.0. The molecule has 1 atom stereocenters. The van der Waals surface area contributed by atoms with Crippen molar-refractivity contribution in [3.63, 3.8) is 0 Å². The van der Waals surface area contributed by atoms with Crippen LogP contribution in [0.2, 0.25) is 0 Å². The Morgan fingerprint density at radius 2 is 2.00 bits per heavy atom. The summed E-state index contributed by atoms with van der Waals surface area (Å²) in [6.07, 6.45) is 1.02. The summed E-state index contributed by atoms with van der Waals surface area (Å²) >= 11 is 1.11. The number of nitro benzene ring substituents is 1. The number of rotatable bonds is 5. The van der Waals surface area contributed by atoms with Crippen LogP contribution in [0.1, 0.15) is 12.8 Å². The van der Waals surface area contributed by atoms with Gasteiger partial charge in [0.25, 0.3) is 5.69 Å². The van der Waals surface area contributed by atoms with Crippen LogP contribution in [0.25, 0.3) is 10.2 Å². The van der Waals surface area contributed by atoms with Gasteiger partial charge in [0.15, 0.2) is 5.13 Å². The van der Waals surface area contributed by atoms with Crippen molar-refractivity contribution in [1.29, 1.82) is 0 Å². The number of nitrogens with one attached hydrogen (secondary N) is 1. The lowest BCUT2D eigenvalue weighted by atomic mass is 9.99. The Morgan fingerprint density at radius 1 is 1.26 bits per heavy atom. The number of benzene rings is 2. The quantitative estimate of drug-likeness (QED) is 0.456. The van der Waals surface area contributed by atoms with E-state index in [0.717, 1.165) is 23.5 Å². The zero-order valence-electron chi connectivity index (χ0n) is 16.0. The highest BCUT2D eigenvalue weighted by Gasteiger charge is 2.33. The topological polar surface area (TPSA) is 123 Å². The number of fused-ring (bicyclic) bond motifs is 1.